The van der Waals surface area contributed by atoms with E-state index in [-0.39, 0.29) is 6.04 Å². The summed E-state index contributed by atoms with van der Waals surface area (Å²) in [6.45, 7) is 4.09. The SMILES string of the molecule is Cc1nc(CC(NN)c2ccc(Br)c(C)c2)cs1. The van der Waals surface area contributed by atoms with Crippen LogP contribution < -0.4 is 11.3 Å². The van der Waals surface area contributed by atoms with Gasteiger partial charge in [-0.3, -0.25) is 11.3 Å². The second kappa shape index (κ2) is 5.93. The molecule has 1 aromatic heterocycles. The highest BCUT2D eigenvalue weighted by atomic mass is 79.9. The summed E-state index contributed by atoms with van der Waals surface area (Å²) in [6, 6.07) is 6.38. The Morgan fingerprint density at radius 3 is 2.78 bits per heavy atom. The van der Waals surface area contributed by atoms with Crippen molar-refractivity contribution < 1.29 is 0 Å². The monoisotopic (exact) mass is 325 g/mol. The van der Waals surface area contributed by atoms with Gasteiger partial charge in [0.1, 0.15) is 0 Å². The predicted molar refractivity (Wildman–Crippen MR) is 79.5 cm³/mol. The molecule has 0 saturated heterocycles. The standard InChI is InChI=1S/C13H16BrN3S/c1-8-5-10(3-4-12(8)14)13(17-15)6-11-7-18-9(2)16-11/h3-5,7,13,17H,6,15H2,1-2H3. The molecule has 2 aromatic rings. The molecule has 0 fully saturated rings. The quantitative estimate of drug-likeness (QED) is 0.670. The highest BCUT2D eigenvalue weighted by Gasteiger charge is 2.13. The number of nitrogens with one attached hydrogen (secondary N) is 1. The van der Waals surface area contributed by atoms with Crippen molar-refractivity contribution in [3.63, 3.8) is 0 Å². The van der Waals surface area contributed by atoms with Gasteiger partial charge < -0.3 is 0 Å². The van der Waals surface area contributed by atoms with Crippen LogP contribution >= 0.6 is 27.3 Å². The fraction of sp³-hybridized carbons (Fsp3) is 0.308. The molecule has 96 valence electrons. The molecular weight excluding hydrogens is 310 g/mol. The smallest absolute Gasteiger partial charge is 0.0897 e. The summed E-state index contributed by atoms with van der Waals surface area (Å²) in [5.41, 5.74) is 6.35. The minimum absolute atomic E-state index is 0.0956. The first-order valence-electron chi connectivity index (χ1n) is 5.73. The summed E-state index contributed by atoms with van der Waals surface area (Å²) in [7, 11) is 0. The van der Waals surface area contributed by atoms with Gasteiger partial charge >= 0.3 is 0 Å². The maximum atomic E-state index is 5.66. The molecule has 2 rings (SSSR count). The molecule has 1 heterocycles. The average molecular weight is 326 g/mol. The van der Waals surface area contributed by atoms with E-state index >= 15 is 0 Å². The minimum atomic E-state index is 0.0956. The maximum Gasteiger partial charge on any atom is 0.0897 e. The summed E-state index contributed by atoms with van der Waals surface area (Å²) < 4.78 is 1.12. The number of thiazole rings is 1. The van der Waals surface area contributed by atoms with Crippen molar-refractivity contribution in [1.29, 1.82) is 0 Å². The number of benzene rings is 1. The molecule has 0 bridgehead atoms. The van der Waals surface area contributed by atoms with Crippen LogP contribution in [0.3, 0.4) is 0 Å². The molecule has 0 aliphatic rings. The van der Waals surface area contributed by atoms with Crippen molar-refractivity contribution in [2.75, 3.05) is 0 Å². The summed E-state index contributed by atoms with van der Waals surface area (Å²) in [6.07, 6.45) is 0.807. The van der Waals surface area contributed by atoms with Crippen molar-refractivity contribution >= 4 is 27.3 Å². The summed E-state index contributed by atoms with van der Waals surface area (Å²) >= 11 is 5.18. The summed E-state index contributed by atoms with van der Waals surface area (Å²) in [5.74, 6) is 5.66. The Bertz CT molecular complexity index is 539. The van der Waals surface area contributed by atoms with Gasteiger partial charge in [-0.2, -0.15) is 0 Å². The lowest BCUT2D eigenvalue weighted by Gasteiger charge is -2.16. The Morgan fingerprint density at radius 1 is 1.44 bits per heavy atom. The van der Waals surface area contributed by atoms with Gasteiger partial charge in [-0.1, -0.05) is 28.1 Å². The molecule has 0 spiro atoms. The molecule has 1 aromatic carbocycles. The Morgan fingerprint density at radius 2 is 2.22 bits per heavy atom. The fourth-order valence-electron chi connectivity index (χ4n) is 1.87. The largest absolute Gasteiger partial charge is 0.271 e. The number of aromatic nitrogens is 1. The van der Waals surface area contributed by atoms with Gasteiger partial charge in [-0.05, 0) is 31.0 Å². The molecule has 5 heteroatoms. The molecule has 1 unspecified atom stereocenters. The third-order valence-corrected chi connectivity index (χ3v) is 4.58. The second-order valence-corrected chi connectivity index (χ2v) is 6.21. The number of rotatable bonds is 4. The zero-order valence-corrected chi connectivity index (χ0v) is 12.8. The van der Waals surface area contributed by atoms with Crippen molar-refractivity contribution in [2.24, 2.45) is 5.84 Å². The second-order valence-electron chi connectivity index (χ2n) is 4.29. The first-order valence-corrected chi connectivity index (χ1v) is 7.40. The Kier molecular flexibility index (Phi) is 4.50. The molecule has 0 radical (unpaired) electrons. The lowest BCUT2D eigenvalue weighted by Crippen LogP contribution is -2.29. The number of halogens is 1. The zero-order valence-electron chi connectivity index (χ0n) is 10.4. The molecule has 0 aliphatic heterocycles. The molecule has 0 saturated carbocycles. The van der Waals surface area contributed by atoms with Crippen molar-refractivity contribution in [3.8, 4) is 0 Å². The van der Waals surface area contributed by atoms with Gasteiger partial charge in [-0.25, -0.2) is 4.98 Å². The van der Waals surface area contributed by atoms with Crippen LogP contribution in [-0.2, 0) is 6.42 Å². The number of nitrogens with zero attached hydrogens (tertiary/aromatic N) is 1. The van der Waals surface area contributed by atoms with E-state index in [1.54, 1.807) is 11.3 Å². The van der Waals surface area contributed by atoms with E-state index in [1.807, 2.05) is 6.92 Å². The van der Waals surface area contributed by atoms with Crippen LogP contribution in [0.25, 0.3) is 0 Å². The van der Waals surface area contributed by atoms with E-state index in [0.29, 0.717) is 0 Å². The lowest BCUT2D eigenvalue weighted by atomic mass is 10.0. The van der Waals surface area contributed by atoms with Gasteiger partial charge in [0.2, 0.25) is 0 Å². The Labute approximate surface area is 120 Å². The van der Waals surface area contributed by atoms with Crippen LogP contribution in [0.5, 0.6) is 0 Å². The van der Waals surface area contributed by atoms with Gasteiger partial charge in [0.15, 0.2) is 0 Å². The summed E-state index contributed by atoms with van der Waals surface area (Å²) in [4.78, 5) is 4.48. The van der Waals surface area contributed by atoms with Gasteiger partial charge in [0, 0.05) is 16.3 Å². The van der Waals surface area contributed by atoms with Crippen LogP contribution in [0.4, 0.5) is 0 Å². The molecule has 1 atom stereocenters. The van der Waals surface area contributed by atoms with Crippen molar-refractivity contribution in [2.45, 2.75) is 26.3 Å². The lowest BCUT2D eigenvalue weighted by molar-refractivity contribution is 0.546. The average Bonchev–Trinajstić information content (AvgIpc) is 2.75. The molecular formula is C13H16BrN3S. The molecule has 3 N–H and O–H groups in total. The highest BCUT2D eigenvalue weighted by molar-refractivity contribution is 9.10. The van der Waals surface area contributed by atoms with E-state index in [0.717, 1.165) is 21.6 Å². The number of hydrogen-bond donors (Lipinski definition) is 2. The number of hydrazine groups is 1. The Hall–Kier alpha value is -0.750. The van der Waals surface area contributed by atoms with Crippen LogP contribution in [0, 0.1) is 13.8 Å². The van der Waals surface area contributed by atoms with Crippen LogP contribution in [0.1, 0.15) is 27.9 Å². The first kappa shape index (κ1) is 13.7. The summed E-state index contributed by atoms with van der Waals surface area (Å²) in [5, 5.41) is 3.18. The van der Waals surface area contributed by atoms with Crippen molar-refractivity contribution in [1.82, 2.24) is 10.4 Å². The maximum absolute atomic E-state index is 5.66. The van der Waals surface area contributed by atoms with Crippen molar-refractivity contribution in [3.05, 3.63) is 49.9 Å². The van der Waals surface area contributed by atoms with E-state index in [2.05, 4.69) is 56.8 Å². The topological polar surface area (TPSA) is 50.9 Å². The van der Waals surface area contributed by atoms with Gasteiger partial charge in [-0.15, -0.1) is 11.3 Å². The zero-order chi connectivity index (χ0) is 13.1. The Balaban J connectivity index is 2.19. The fourth-order valence-corrected chi connectivity index (χ4v) is 2.74. The first-order chi connectivity index (χ1) is 8.60. The van der Waals surface area contributed by atoms with Crippen LogP contribution in [-0.4, -0.2) is 4.98 Å². The third-order valence-electron chi connectivity index (χ3n) is 2.87. The molecule has 0 amide bonds. The minimum Gasteiger partial charge on any atom is -0.271 e. The highest BCUT2D eigenvalue weighted by Crippen LogP contribution is 2.23. The molecule has 3 nitrogen and oxygen atoms in total. The van der Waals surface area contributed by atoms with E-state index < -0.39 is 0 Å². The third kappa shape index (κ3) is 3.17. The van der Waals surface area contributed by atoms with Gasteiger partial charge in [0.25, 0.3) is 0 Å². The predicted octanol–water partition coefficient (Wildman–Crippen LogP) is 3.27. The van der Waals surface area contributed by atoms with Gasteiger partial charge in [0.05, 0.1) is 16.7 Å². The number of aryl methyl sites for hydroxylation is 2. The number of nitrogens with two attached hydrogens (primary N) is 1. The molecule has 18 heavy (non-hydrogen) atoms. The van der Waals surface area contributed by atoms with Crippen LogP contribution in [0.2, 0.25) is 0 Å². The van der Waals surface area contributed by atoms with E-state index in [1.165, 1.54) is 11.1 Å². The van der Waals surface area contributed by atoms with Crippen LogP contribution in [0.15, 0.2) is 28.1 Å². The molecule has 0 aliphatic carbocycles. The normalized spacial score (nSPS) is 12.7. The number of hydrogen-bond acceptors (Lipinski definition) is 4. The van der Waals surface area contributed by atoms with E-state index in [9.17, 15) is 0 Å². The van der Waals surface area contributed by atoms with E-state index in [4.69, 9.17) is 5.84 Å².